The third-order valence-electron chi connectivity index (χ3n) is 4.95. The molecule has 0 saturated carbocycles. The average Bonchev–Trinajstić information content (AvgIpc) is 3.23. The van der Waals surface area contributed by atoms with Crippen molar-refractivity contribution >= 4 is 43.2 Å². The quantitative estimate of drug-likeness (QED) is 0.673. The van der Waals surface area contributed by atoms with Crippen LogP contribution in [0.2, 0.25) is 0 Å². The van der Waals surface area contributed by atoms with Gasteiger partial charge in [0.2, 0.25) is 5.91 Å². The van der Waals surface area contributed by atoms with E-state index in [1.165, 1.54) is 15.6 Å². The van der Waals surface area contributed by atoms with Crippen molar-refractivity contribution in [3.05, 3.63) is 45.7 Å². The van der Waals surface area contributed by atoms with Gasteiger partial charge in [-0.15, -0.1) is 11.3 Å². The molecule has 0 radical (unpaired) electrons. The van der Waals surface area contributed by atoms with Crippen LogP contribution in [0.5, 0.6) is 5.75 Å². The molecule has 3 rings (SSSR count). The molecule has 1 N–H and O–H groups in total. The van der Waals surface area contributed by atoms with Gasteiger partial charge in [-0.25, -0.2) is 8.42 Å². The molecular formula is C19H23BrN2O4S2. The highest BCUT2D eigenvalue weighted by molar-refractivity contribution is 9.10. The lowest BCUT2D eigenvalue weighted by Gasteiger charge is -2.30. The Balaban J connectivity index is 1.57. The number of piperidine rings is 1. The number of carbonyl (C=O) groups is 1. The minimum atomic E-state index is -3.44. The summed E-state index contributed by atoms with van der Waals surface area (Å²) in [4.78, 5) is 12.7. The van der Waals surface area contributed by atoms with Crippen LogP contribution in [0.1, 0.15) is 31.4 Å². The number of hydrogen-bond acceptors (Lipinski definition) is 5. The van der Waals surface area contributed by atoms with E-state index in [-0.39, 0.29) is 17.9 Å². The van der Waals surface area contributed by atoms with Crippen LogP contribution in [0.4, 0.5) is 0 Å². The zero-order valence-corrected chi connectivity index (χ0v) is 18.9. The van der Waals surface area contributed by atoms with Gasteiger partial charge in [-0.1, -0.05) is 12.1 Å². The van der Waals surface area contributed by atoms with Crippen LogP contribution in [0.25, 0.3) is 0 Å². The van der Waals surface area contributed by atoms with Gasteiger partial charge in [-0.3, -0.25) is 4.79 Å². The van der Waals surface area contributed by atoms with Crippen LogP contribution in [-0.4, -0.2) is 38.8 Å². The molecule has 1 aliphatic rings. The number of benzene rings is 1. The maximum Gasteiger partial charge on any atom is 0.252 e. The highest BCUT2D eigenvalue weighted by atomic mass is 79.9. The van der Waals surface area contributed by atoms with E-state index >= 15 is 0 Å². The van der Waals surface area contributed by atoms with Gasteiger partial charge in [0.15, 0.2) is 0 Å². The number of thiophene rings is 1. The van der Waals surface area contributed by atoms with Gasteiger partial charge in [0, 0.05) is 19.0 Å². The summed E-state index contributed by atoms with van der Waals surface area (Å²) < 4.78 is 33.1. The summed E-state index contributed by atoms with van der Waals surface area (Å²) in [6.07, 6.45) is 1.05. The molecule has 2 heterocycles. The molecule has 9 heteroatoms. The van der Waals surface area contributed by atoms with Crippen LogP contribution in [-0.2, 0) is 14.8 Å². The smallest absolute Gasteiger partial charge is 0.252 e. The predicted molar refractivity (Wildman–Crippen MR) is 113 cm³/mol. The van der Waals surface area contributed by atoms with E-state index < -0.39 is 10.0 Å². The topological polar surface area (TPSA) is 75.7 Å². The van der Waals surface area contributed by atoms with Crippen molar-refractivity contribution in [2.24, 2.45) is 5.92 Å². The molecule has 0 spiro atoms. The van der Waals surface area contributed by atoms with Gasteiger partial charge in [0.1, 0.15) is 9.96 Å². The number of hydrogen-bond donors (Lipinski definition) is 1. The summed E-state index contributed by atoms with van der Waals surface area (Å²) in [6, 6.07) is 8.91. The largest absolute Gasteiger partial charge is 0.496 e. The number of carbonyl (C=O) groups excluding carboxylic acids is 1. The SMILES string of the molecule is COc1ccc(C(C)NC(=O)C2CCN(S(=O)(=O)c3cccs3)CC2)cc1Br. The second-order valence-electron chi connectivity index (χ2n) is 6.73. The number of nitrogens with zero attached hydrogens (tertiary/aromatic N) is 1. The highest BCUT2D eigenvalue weighted by Crippen LogP contribution is 2.29. The van der Waals surface area contributed by atoms with Gasteiger partial charge in [-0.2, -0.15) is 4.31 Å². The fourth-order valence-electron chi connectivity index (χ4n) is 3.26. The molecular weight excluding hydrogens is 464 g/mol. The fraction of sp³-hybridized carbons (Fsp3) is 0.421. The van der Waals surface area contributed by atoms with E-state index in [9.17, 15) is 13.2 Å². The van der Waals surface area contributed by atoms with Crippen molar-refractivity contribution in [3.63, 3.8) is 0 Å². The molecule has 1 atom stereocenters. The normalized spacial score (nSPS) is 17.2. The Hall–Kier alpha value is -1.42. The first-order chi connectivity index (χ1) is 13.3. The van der Waals surface area contributed by atoms with Crippen molar-refractivity contribution in [3.8, 4) is 5.75 Å². The van der Waals surface area contributed by atoms with Gasteiger partial charge in [0.05, 0.1) is 17.6 Å². The minimum absolute atomic E-state index is 0.0346. The van der Waals surface area contributed by atoms with Crippen molar-refractivity contribution in [1.29, 1.82) is 0 Å². The Morgan fingerprint density at radius 3 is 2.61 bits per heavy atom. The fourth-order valence-corrected chi connectivity index (χ4v) is 6.44. The molecule has 1 saturated heterocycles. The Kier molecular flexibility index (Phi) is 6.80. The molecule has 2 aromatic rings. The van der Waals surface area contributed by atoms with Gasteiger partial charge in [-0.05, 0) is 64.8 Å². The Labute approximate surface area is 178 Å². The zero-order chi connectivity index (χ0) is 20.3. The maximum absolute atomic E-state index is 12.7. The maximum atomic E-state index is 12.7. The van der Waals surface area contributed by atoms with Gasteiger partial charge < -0.3 is 10.1 Å². The van der Waals surface area contributed by atoms with E-state index in [4.69, 9.17) is 4.74 Å². The first kappa shape index (κ1) is 21.3. The molecule has 1 aliphatic heterocycles. The molecule has 1 unspecified atom stereocenters. The van der Waals surface area contributed by atoms with Crippen molar-refractivity contribution in [1.82, 2.24) is 9.62 Å². The lowest BCUT2D eigenvalue weighted by molar-refractivity contribution is -0.126. The number of nitrogens with one attached hydrogen (secondary N) is 1. The summed E-state index contributed by atoms with van der Waals surface area (Å²) in [6.45, 7) is 2.66. The molecule has 28 heavy (non-hydrogen) atoms. The zero-order valence-electron chi connectivity index (χ0n) is 15.7. The van der Waals surface area contributed by atoms with E-state index in [0.717, 1.165) is 15.8 Å². The van der Waals surface area contributed by atoms with Gasteiger partial charge in [0.25, 0.3) is 10.0 Å². The summed E-state index contributed by atoms with van der Waals surface area (Å²) >= 11 is 4.68. The van der Waals surface area contributed by atoms with Gasteiger partial charge >= 0.3 is 0 Å². The number of amides is 1. The van der Waals surface area contributed by atoms with Crippen molar-refractivity contribution in [2.75, 3.05) is 20.2 Å². The second-order valence-corrected chi connectivity index (χ2v) is 10.7. The Bertz CT molecular complexity index is 923. The molecule has 152 valence electrons. The monoisotopic (exact) mass is 486 g/mol. The summed E-state index contributed by atoms with van der Waals surface area (Å²) in [7, 11) is -1.84. The second kappa shape index (κ2) is 8.94. The molecule has 0 bridgehead atoms. The minimum Gasteiger partial charge on any atom is -0.496 e. The molecule has 0 aliphatic carbocycles. The third-order valence-corrected chi connectivity index (χ3v) is 8.84. The lowest BCUT2D eigenvalue weighted by atomic mass is 9.96. The van der Waals surface area contributed by atoms with E-state index in [0.29, 0.717) is 30.1 Å². The van der Waals surface area contributed by atoms with Crippen LogP contribution in [0, 0.1) is 5.92 Å². The number of sulfonamides is 1. The van der Waals surface area contributed by atoms with E-state index in [2.05, 4.69) is 21.2 Å². The summed E-state index contributed by atoms with van der Waals surface area (Å²) in [5.41, 5.74) is 0.971. The summed E-state index contributed by atoms with van der Waals surface area (Å²) in [5.74, 6) is 0.521. The van der Waals surface area contributed by atoms with E-state index in [1.54, 1.807) is 24.6 Å². The summed E-state index contributed by atoms with van der Waals surface area (Å²) in [5, 5.41) is 4.80. The Morgan fingerprint density at radius 1 is 1.32 bits per heavy atom. The van der Waals surface area contributed by atoms with Crippen molar-refractivity contribution < 1.29 is 17.9 Å². The predicted octanol–water partition coefficient (Wildman–Crippen LogP) is 3.80. The first-order valence-corrected chi connectivity index (χ1v) is 12.1. The molecule has 6 nitrogen and oxygen atoms in total. The molecule has 1 fully saturated rings. The number of ether oxygens (including phenoxy) is 1. The first-order valence-electron chi connectivity index (χ1n) is 9.00. The lowest BCUT2D eigenvalue weighted by Crippen LogP contribution is -2.43. The molecule has 1 aromatic carbocycles. The highest BCUT2D eigenvalue weighted by Gasteiger charge is 2.32. The Morgan fingerprint density at radius 2 is 2.04 bits per heavy atom. The number of methoxy groups -OCH3 is 1. The third kappa shape index (κ3) is 4.59. The van der Waals surface area contributed by atoms with Crippen LogP contribution >= 0.6 is 27.3 Å². The standard InChI is InChI=1S/C19H23BrN2O4S2/c1-13(15-5-6-17(26-2)16(20)12-15)21-19(23)14-7-9-22(10-8-14)28(24,25)18-4-3-11-27-18/h3-6,11-14H,7-10H2,1-2H3,(H,21,23). The number of halogens is 1. The number of rotatable bonds is 6. The van der Waals surface area contributed by atoms with Crippen molar-refractivity contribution in [2.45, 2.75) is 30.0 Å². The molecule has 1 aromatic heterocycles. The van der Waals surface area contributed by atoms with Crippen LogP contribution in [0.3, 0.4) is 0 Å². The van der Waals surface area contributed by atoms with Crippen LogP contribution in [0.15, 0.2) is 44.4 Å². The van der Waals surface area contributed by atoms with E-state index in [1.807, 2.05) is 25.1 Å². The molecule has 1 amide bonds. The van der Waals surface area contributed by atoms with Crippen LogP contribution < -0.4 is 10.1 Å². The average molecular weight is 487 g/mol.